The van der Waals surface area contributed by atoms with Crippen molar-refractivity contribution in [2.45, 2.75) is 31.6 Å². The van der Waals surface area contributed by atoms with Crippen molar-refractivity contribution in [2.24, 2.45) is 11.7 Å². The molecule has 1 aliphatic rings. The number of hydrogen-bond donors (Lipinski definition) is 1. The van der Waals surface area contributed by atoms with E-state index in [2.05, 4.69) is 0 Å². The number of aryl methyl sites for hydroxylation is 2. The highest BCUT2D eigenvalue weighted by atomic mass is 32.2. The number of nitrogens with two attached hydrogens (primary N) is 1. The summed E-state index contributed by atoms with van der Waals surface area (Å²) in [6.45, 7) is 4.05. The van der Waals surface area contributed by atoms with Crippen molar-refractivity contribution in [3.8, 4) is 5.75 Å². The van der Waals surface area contributed by atoms with E-state index in [1.165, 1.54) is 19.2 Å². The fourth-order valence-corrected chi connectivity index (χ4v) is 5.18. The number of carbonyl (C=O) groups excluding carboxylic acids is 2. The lowest BCUT2D eigenvalue weighted by Gasteiger charge is -2.33. The monoisotopic (exact) mass is 459 g/mol. The molecule has 0 saturated carbocycles. The highest BCUT2D eigenvalue weighted by Crippen LogP contribution is 2.33. The van der Waals surface area contributed by atoms with Crippen molar-refractivity contribution in [1.29, 1.82) is 0 Å². The predicted octanol–water partition coefficient (Wildman–Crippen LogP) is 2.23. The summed E-state index contributed by atoms with van der Waals surface area (Å²) in [5.41, 5.74) is 7.44. The van der Waals surface area contributed by atoms with E-state index in [1.54, 1.807) is 29.2 Å². The Morgan fingerprint density at radius 1 is 1.06 bits per heavy atom. The first-order valence-electron chi connectivity index (χ1n) is 10.4. The van der Waals surface area contributed by atoms with Crippen molar-refractivity contribution in [3.63, 3.8) is 0 Å². The minimum Gasteiger partial charge on any atom is -0.495 e. The van der Waals surface area contributed by atoms with E-state index in [0.717, 1.165) is 15.4 Å². The fraction of sp³-hybridized carbons (Fsp3) is 0.391. The first kappa shape index (κ1) is 23.6. The number of anilines is 1. The Morgan fingerprint density at radius 2 is 1.66 bits per heavy atom. The van der Waals surface area contributed by atoms with Crippen LogP contribution in [-0.4, -0.2) is 51.9 Å². The number of sulfonamides is 1. The van der Waals surface area contributed by atoms with Gasteiger partial charge in [-0.15, -0.1) is 0 Å². The van der Waals surface area contributed by atoms with Crippen LogP contribution in [0.2, 0.25) is 0 Å². The maximum atomic E-state index is 13.6. The molecular formula is C23H29N3O5S. The zero-order valence-electron chi connectivity index (χ0n) is 18.6. The molecule has 0 aliphatic carbocycles. The van der Waals surface area contributed by atoms with E-state index < -0.39 is 10.0 Å². The standard InChI is InChI=1S/C23H29N3O5S/c1-16-4-7-19(8-5-16)32(29,30)26(20-14-17(2)6-9-21(20)31-3)15-22(27)25-12-10-18(11-13-25)23(24)28/h4-9,14,18H,10-13,15H2,1-3H3,(H2,24,28). The lowest BCUT2D eigenvalue weighted by atomic mass is 9.96. The van der Waals surface area contributed by atoms with Crippen LogP contribution in [0.5, 0.6) is 5.75 Å². The minimum absolute atomic E-state index is 0.0897. The molecule has 0 spiro atoms. The summed E-state index contributed by atoms with van der Waals surface area (Å²) >= 11 is 0. The Balaban J connectivity index is 1.96. The van der Waals surface area contributed by atoms with Crippen LogP contribution in [0, 0.1) is 19.8 Å². The first-order chi connectivity index (χ1) is 15.1. The molecule has 2 N–H and O–H groups in total. The number of benzene rings is 2. The number of piperidine rings is 1. The number of ether oxygens (including phenoxy) is 1. The summed E-state index contributed by atoms with van der Waals surface area (Å²) in [6, 6.07) is 11.7. The zero-order chi connectivity index (χ0) is 23.5. The molecule has 8 nitrogen and oxygen atoms in total. The van der Waals surface area contributed by atoms with Gasteiger partial charge in [0, 0.05) is 19.0 Å². The van der Waals surface area contributed by atoms with Crippen LogP contribution in [0.25, 0.3) is 0 Å². The SMILES string of the molecule is COc1ccc(C)cc1N(CC(=O)N1CCC(C(N)=O)CC1)S(=O)(=O)c1ccc(C)cc1. The van der Waals surface area contributed by atoms with Gasteiger partial charge in [0.2, 0.25) is 11.8 Å². The minimum atomic E-state index is -4.05. The smallest absolute Gasteiger partial charge is 0.264 e. The number of nitrogens with zero attached hydrogens (tertiary/aromatic N) is 2. The summed E-state index contributed by atoms with van der Waals surface area (Å²) in [6.07, 6.45) is 0.944. The normalized spacial score (nSPS) is 14.8. The van der Waals surface area contributed by atoms with Gasteiger partial charge in [0.25, 0.3) is 10.0 Å². The zero-order valence-corrected chi connectivity index (χ0v) is 19.4. The second kappa shape index (κ2) is 9.60. The third kappa shape index (κ3) is 5.04. The largest absolute Gasteiger partial charge is 0.495 e. The van der Waals surface area contributed by atoms with Crippen molar-refractivity contribution in [3.05, 3.63) is 53.6 Å². The molecule has 2 aromatic carbocycles. The third-order valence-electron chi connectivity index (χ3n) is 5.74. The fourth-order valence-electron chi connectivity index (χ4n) is 3.77. The molecule has 1 saturated heterocycles. The number of amides is 2. The molecule has 172 valence electrons. The molecule has 0 unspecified atom stereocenters. The van der Waals surface area contributed by atoms with E-state index in [0.29, 0.717) is 37.4 Å². The topological polar surface area (TPSA) is 110 Å². The number of carbonyl (C=O) groups is 2. The number of rotatable bonds is 7. The van der Waals surface area contributed by atoms with Gasteiger partial charge in [-0.3, -0.25) is 13.9 Å². The van der Waals surface area contributed by atoms with E-state index in [1.807, 2.05) is 19.9 Å². The van der Waals surface area contributed by atoms with Gasteiger partial charge in [0.1, 0.15) is 12.3 Å². The molecule has 0 radical (unpaired) electrons. The summed E-state index contributed by atoms with van der Waals surface area (Å²) < 4.78 is 33.8. The number of methoxy groups -OCH3 is 1. The second-order valence-corrected chi connectivity index (χ2v) is 9.92. The van der Waals surface area contributed by atoms with Gasteiger partial charge in [-0.1, -0.05) is 23.8 Å². The maximum Gasteiger partial charge on any atom is 0.264 e. The van der Waals surface area contributed by atoms with Crippen LogP contribution < -0.4 is 14.8 Å². The van der Waals surface area contributed by atoms with Crippen molar-refractivity contribution in [1.82, 2.24) is 4.90 Å². The summed E-state index contributed by atoms with van der Waals surface area (Å²) in [5, 5.41) is 0. The Hall–Kier alpha value is -3.07. The molecule has 2 amide bonds. The van der Waals surface area contributed by atoms with Gasteiger partial charge in [-0.2, -0.15) is 0 Å². The number of primary amides is 1. The molecule has 1 fully saturated rings. The Morgan fingerprint density at radius 3 is 2.22 bits per heavy atom. The molecule has 32 heavy (non-hydrogen) atoms. The quantitative estimate of drug-likeness (QED) is 0.683. The molecule has 1 aliphatic heterocycles. The van der Waals surface area contributed by atoms with Crippen molar-refractivity contribution < 1.29 is 22.7 Å². The average Bonchev–Trinajstić information content (AvgIpc) is 2.77. The first-order valence-corrected chi connectivity index (χ1v) is 11.9. The number of hydrogen-bond acceptors (Lipinski definition) is 5. The Kier molecular flexibility index (Phi) is 7.08. The van der Waals surface area contributed by atoms with Crippen LogP contribution in [0.1, 0.15) is 24.0 Å². The highest BCUT2D eigenvalue weighted by molar-refractivity contribution is 7.92. The van der Waals surface area contributed by atoms with Crippen molar-refractivity contribution >= 4 is 27.5 Å². The van der Waals surface area contributed by atoms with Crippen LogP contribution >= 0.6 is 0 Å². The van der Waals surface area contributed by atoms with Crippen LogP contribution in [0.4, 0.5) is 5.69 Å². The Labute approximate surface area is 189 Å². The van der Waals surface area contributed by atoms with Crippen LogP contribution in [0.3, 0.4) is 0 Å². The molecule has 2 aromatic rings. The predicted molar refractivity (Wildman–Crippen MR) is 122 cm³/mol. The molecule has 9 heteroatoms. The van der Waals surface area contributed by atoms with E-state index >= 15 is 0 Å². The maximum absolute atomic E-state index is 13.6. The Bertz CT molecular complexity index is 1090. The highest BCUT2D eigenvalue weighted by Gasteiger charge is 2.33. The summed E-state index contributed by atoms with van der Waals surface area (Å²) in [7, 11) is -2.59. The lowest BCUT2D eigenvalue weighted by molar-refractivity contribution is -0.133. The van der Waals surface area contributed by atoms with Crippen LogP contribution in [0.15, 0.2) is 47.4 Å². The van der Waals surface area contributed by atoms with Gasteiger partial charge >= 0.3 is 0 Å². The van der Waals surface area contributed by atoms with Gasteiger partial charge in [0.15, 0.2) is 0 Å². The summed E-state index contributed by atoms with van der Waals surface area (Å²) in [5.74, 6) is -0.618. The molecule has 1 heterocycles. The van der Waals surface area contributed by atoms with Gasteiger partial charge < -0.3 is 15.4 Å². The lowest BCUT2D eigenvalue weighted by Crippen LogP contribution is -2.47. The van der Waals surface area contributed by atoms with Gasteiger partial charge in [0.05, 0.1) is 17.7 Å². The molecule has 0 aromatic heterocycles. The average molecular weight is 460 g/mol. The third-order valence-corrected chi connectivity index (χ3v) is 7.51. The molecular weight excluding hydrogens is 430 g/mol. The second-order valence-electron chi connectivity index (χ2n) is 8.06. The van der Waals surface area contributed by atoms with Gasteiger partial charge in [-0.25, -0.2) is 8.42 Å². The van der Waals surface area contributed by atoms with E-state index in [-0.39, 0.29) is 29.2 Å². The molecule has 0 bridgehead atoms. The van der Waals surface area contributed by atoms with E-state index in [9.17, 15) is 18.0 Å². The van der Waals surface area contributed by atoms with E-state index in [4.69, 9.17) is 10.5 Å². The molecule has 3 rings (SSSR count). The van der Waals surface area contributed by atoms with Crippen LogP contribution in [-0.2, 0) is 19.6 Å². The summed E-state index contributed by atoms with van der Waals surface area (Å²) in [4.78, 5) is 26.2. The van der Waals surface area contributed by atoms with Gasteiger partial charge in [-0.05, 0) is 56.5 Å². The number of likely N-dealkylation sites (tertiary alicyclic amines) is 1. The van der Waals surface area contributed by atoms with Crippen molar-refractivity contribution in [2.75, 3.05) is 31.0 Å². The molecule has 0 atom stereocenters.